The van der Waals surface area contributed by atoms with E-state index in [1.54, 1.807) is 23.1 Å². The zero-order valence-electron chi connectivity index (χ0n) is 18.6. The van der Waals surface area contributed by atoms with E-state index in [-0.39, 0.29) is 29.2 Å². The standard InChI is InChI=1S/C25H30FN3O3/c1-2-28-16-10-21-22(30)11-17-29(25(32)23(21)28)13-3-12-27-14-8-19(9-15-27)24(31)18-4-6-20(26)7-5-18/h4-7,10,16,19H,2-3,8-9,11-15,17H2,1H3. The lowest BCUT2D eigenvalue weighted by atomic mass is 9.89. The molecular weight excluding hydrogens is 409 g/mol. The van der Waals surface area contributed by atoms with Gasteiger partial charge in [0.05, 0.1) is 0 Å². The molecule has 2 aliphatic heterocycles. The first-order chi connectivity index (χ1) is 15.5. The van der Waals surface area contributed by atoms with Crippen LogP contribution in [-0.4, -0.2) is 64.6 Å². The lowest BCUT2D eigenvalue weighted by molar-refractivity contribution is 0.0727. The highest BCUT2D eigenvalue weighted by atomic mass is 19.1. The van der Waals surface area contributed by atoms with Gasteiger partial charge in [-0.3, -0.25) is 14.4 Å². The van der Waals surface area contributed by atoms with Gasteiger partial charge in [0.1, 0.15) is 11.5 Å². The number of ketones is 2. The minimum absolute atomic E-state index is 0.0184. The highest BCUT2D eigenvalue weighted by Crippen LogP contribution is 2.23. The van der Waals surface area contributed by atoms with E-state index in [1.807, 2.05) is 17.7 Å². The van der Waals surface area contributed by atoms with E-state index < -0.39 is 0 Å². The molecule has 170 valence electrons. The molecular formula is C25H30FN3O3. The number of hydrogen-bond donors (Lipinski definition) is 0. The van der Waals surface area contributed by atoms with E-state index in [4.69, 9.17) is 0 Å². The van der Waals surface area contributed by atoms with Gasteiger partial charge >= 0.3 is 0 Å². The number of piperidine rings is 1. The Kier molecular flexibility index (Phi) is 6.84. The summed E-state index contributed by atoms with van der Waals surface area (Å²) in [6, 6.07) is 7.56. The van der Waals surface area contributed by atoms with Gasteiger partial charge in [0, 0.05) is 49.3 Å². The Morgan fingerprint density at radius 1 is 1.03 bits per heavy atom. The SMILES string of the molecule is CCn1ccc2c1C(=O)N(CCCN1CCC(C(=O)c3ccc(F)cc3)CC1)CCC2=O. The van der Waals surface area contributed by atoms with E-state index in [9.17, 15) is 18.8 Å². The van der Waals surface area contributed by atoms with Crippen molar-refractivity contribution in [2.24, 2.45) is 5.92 Å². The minimum Gasteiger partial charge on any atom is -0.343 e. The van der Waals surface area contributed by atoms with Crippen molar-refractivity contribution < 1.29 is 18.8 Å². The van der Waals surface area contributed by atoms with Crippen molar-refractivity contribution >= 4 is 17.5 Å². The Morgan fingerprint density at radius 3 is 2.44 bits per heavy atom. The normalized spacial score (nSPS) is 18.0. The number of aryl methyl sites for hydroxylation is 1. The molecule has 2 aliphatic rings. The third-order valence-electron chi connectivity index (χ3n) is 6.69. The number of carbonyl (C=O) groups is 3. The molecule has 0 saturated carbocycles. The van der Waals surface area contributed by atoms with Gasteiger partial charge in [-0.25, -0.2) is 4.39 Å². The Bertz CT molecular complexity index is 990. The number of Topliss-reactive ketones (excluding diaryl/α,β-unsaturated/α-hetero) is 2. The number of likely N-dealkylation sites (tertiary alicyclic amines) is 1. The molecule has 0 unspecified atom stereocenters. The van der Waals surface area contributed by atoms with Crippen molar-refractivity contribution in [2.75, 3.05) is 32.7 Å². The van der Waals surface area contributed by atoms with Crippen molar-refractivity contribution in [2.45, 2.75) is 39.2 Å². The second-order valence-corrected chi connectivity index (χ2v) is 8.67. The van der Waals surface area contributed by atoms with Crippen molar-refractivity contribution in [3.63, 3.8) is 0 Å². The van der Waals surface area contributed by atoms with Gasteiger partial charge < -0.3 is 14.4 Å². The summed E-state index contributed by atoms with van der Waals surface area (Å²) in [4.78, 5) is 42.3. The second-order valence-electron chi connectivity index (χ2n) is 8.67. The fourth-order valence-corrected chi connectivity index (χ4v) is 4.79. The molecule has 2 aromatic rings. The van der Waals surface area contributed by atoms with Gasteiger partial charge in [-0.1, -0.05) is 0 Å². The Balaban J connectivity index is 1.26. The number of halogens is 1. The minimum atomic E-state index is -0.331. The van der Waals surface area contributed by atoms with Gasteiger partial charge in [-0.05, 0) is 76.2 Å². The number of carbonyl (C=O) groups excluding carboxylic acids is 3. The number of benzene rings is 1. The summed E-state index contributed by atoms with van der Waals surface area (Å²) < 4.78 is 15.0. The average molecular weight is 440 g/mol. The maximum absolute atomic E-state index is 13.1. The van der Waals surface area contributed by atoms with Crippen LogP contribution in [0.25, 0.3) is 0 Å². The molecule has 0 atom stereocenters. The van der Waals surface area contributed by atoms with E-state index in [0.29, 0.717) is 42.9 Å². The molecule has 6 nitrogen and oxygen atoms in total. The second kappa shape index (κ2) is 9.77. The third-order valence-corrected chi connectivity index (χ3v) is 6.69. The first kappa shape index (κ1) is 22.4. The molecule has 1 amide bonds. The van der Waals surface area contributed by atoms with Crippen molar-refractivity contribution in [1.82, 2.24) is 14.4 Å². The highest BCUT2D eigenvalue weighted by Gasteiger charge is 2.30. The quantitative estimate of drug-likeness (QED) is 0.618. The molecule has 0 spiro atoms. The van der Waals surface area contributed by atoms with Crippen LogP contribution in [-0.2, 0) is 6.54 Å². The largest absolute Gasteiger partial charge is 0.343 e. The lowest BCUT2D eigenvalue weighted by Gasteiger charge is -2.32. The van der Waals surface area contributed by atoms with Gasteiger partial charge in [-0.15, -0.1) is 0 Å². The van der Waals surface area contributed by atoms with Crippen molar-refractivity contribution in [3.8, 4) is 0 Å². The molecule has 0 N–H and O–H groups in total. The summed E-state index contributed by atoms with van der Waals surface area (Å²) in [5.74, 6) is -0.269. The monoisotopic (exact) mass is 439 g/mol. The van der Waals surface area contributed by atoms with E-state index in [2.05, 4.69) is 4.90 Å². The summed E-state index contributed by atoms with van der Waals surface area (Å²) >= 11 is 0. The van der Waals surface area contributed by atoms with Crippen LogP contribution < -0.4 is 0 Å². The molecule has 0 aliphatic carbocycles. The lowest BCUT2D eigenvalue weighted by Crippen LogP contribution is -2.39. The summed E-state index contributed by atoms with van der Waals surface area (Å²) in [6.45, 7) is 6.25. The fraction of sp³-hybridized carbons (Fsp3) is 0.480. The molecule has 3 heterocycles. The molecule has 0 radical (unpaired) electrons. The Morgan fingerprint density at radius 2 is 1.75 bits per heavy atom. The van der Waals surface area contributed by atoms with Gasteiger partial charge in [0.25, 0.3) is 5.91 Å². The van der Waals surface area contributed by atoms with Crippen LogP contribution >= 0.6 is 0 Å². The average Bonchev–Trinajstić information content (AvgIpc) is 3.21. The van der Waals surface area contributed by atoms with Crippen molar-refractivity contribution in [1.29, 1.82) is 0 Å². The third kappa shape index (κ3) is 4.67. The number of fused-ring (bicyclic) bond motifs is 1. The first-order valence-electron chi connectivity index (χ1n) is 11.5. The smallest absolute Gasteiger partial charge is 0.271 e. The molecule has 1 saturated heterocycles. The zero-order valence-corrected chi connectivity index (χ0v) is 18.6. The summed E-state index contributed by atoms with van der Waals surface area (Å²) in [5.41, 5.74) is 1.65. The number of nitrogens with zero attached hydrogens (tertiary/aromatic N) is 3. The van der Waals surface area contributed by atoms with E-state index in [0.717, 1.165) is 38.9 Å². The molecule has 4 rings (SSSR count). The van der Waals surface area contributed by atoms with Crippen LogP contribution in [0.2, 0.25) is 0 Å². The summed E-state index contributed by atoms with van der Waals surface area (Å²) in [5, 5.41) is 0. The van der Waals surface area contributed by atoms with Gasteiger partial charge in [0.2, 0.25) is 0 Å². The molecule has 32 heavy (non-hydrogen) atoms. The van der Waals surface area contributed by atoms with Crippen LogP contribution in [0.4, 0.5) is 4.39 Å². The van der Waals surface area contributed by atoms with Gasteiger partial charge in [0.15, 0.2) is 11.6 Å². The fourth-order valence-electron chi connectivity index (χ4n) is 4.79. The maximum atomic E-state index is 13.1. The molecule has 7 heteroatoms. The predicted molar refractivity (Wildman–Crippen MR) is 119 cm³/mol. The van der Waals surface area contributed by atoms with Crippen LogP contribution in [0.1, 0.15) is 63.8 Å². The Labute approximate surface area is 188 Å². The summed E-state index contributed by atoms with van der Waals surface area (Å²) in [7, 11) is 0. The van der Waals surface area contributed by atoms with Crippen LogP contribution in [0.3, 0.4) is 0 Å². The van der Waals surface area contributed by atoms with E-state index >= 15 is 0 Å². The molecule has 0 bridgehead atoms. The zero-order chi connectivity index (χ0) is 22.7. The maximum Gasteiger partial charge on any atom is 0.271 e. The number of rotatable bonds is 7. The molecule has 1 aromatic carbocycles. The van der Waals surface area contributed by atoms with E-state index in [1.165, 1.54) is 12.1 Å². The van der Waals surface area contributed by atoms with Crippen LogP contribution in [0.15, 0.2) is 36.5 Å². The summed E-state index contributed by atoms with van der Waals surface area (Å²) in [6.07, 6.45) is 4.60. The predicted octanol–water partition coefficient (Wildman–Crippen LogP) is 3.66. The number of hydrogen-bond acceptors (Lipinski definition) is 4. The number of aromatic nitrogens is 1. The molecule has 1 aromatic heterocycles. The Hall–Kier alpha value is -2.80. The van der Waals surface area contributed by atoms with Crippen LogP contribution in [0.5, 0.6) is 0 Å². The number of amides is 1. The van der Waals surface area contributed by atoms with Gasteiger partial charge in [-0.2, -0.15) is 0 Å². The first-order valence-corrected chi connectivity index (χ1v) is 11.5. The topological polar surface area (TPSA) is 62.6 Å². The van der Waals surface area contributed by atoms with Crippen LogP contribution in [0, 0.1) is 11.7 Å². The van der Waals surface area contributed by atoms with Crippen molar-refractivity contribution in [3.05, 3.63) is 59.2 Å². The highest BCUT2D eigenvalue weighted by molar-refractivity contribution is 6.09. The molecule has 1 fully saturated rings.